The highest BCUT2D eigenvalue weighted by molar-refractivity contribution is 5.96. The first kappa shape index (κ1) is 10.8. The maximum atomic E-state index is 11.2. The summed E-state index contributed by atoms with van der Waals surface area (Å²) in [7, 11) is 0. The number of rotatable bonds is 2. The summed E-state index contributed by atoms with van der Waals surface area (Å²) in [5, 5.41) is 10.2. The number of hydrogen-bond donors (Lipinski definition) is 2. The van der Waals surface area contributed by atoms with Crippen LogP contribution in [0.2, 0.25) is 0 Å². The zero-order chi connectivity index (χ0) is 12.7. The number of ether oxygens (including phenoxy) is 1. The van der Waals surface area contributed by atoms with E-state index < -0.39 is 5.91 Å². The average Bonchev–Trinajstić information content (AvgIpc) is 2.91. The molecule has 0 fully saturated rings. The van der Waals surface area contributed by atoms with Gasteiger partial charge in [-0.1, -0.05) is 0 Å². The van der Waals surface area contributed by atoms with Crippen molar-refractivity contribution in [3.63, 3.8) is 0 Å². The molecule has 1 aromatic heterocycles. The van der Waals surface area contributed by atoms with Gasteiger partial charge in [0.05, 0.1) is 0 Å². The first-order valence-corrected chi connectivity index (χ1v) is 5.65. The summed E-state index contributed by atoms with van der Waals surface area (Å²) in [5.74, 6) is 0.291. The van der Waals surface area contributed by atoms with Crippen molar-refractivity contribution in [3.05, 3.63) is 29.5 Å². The number of benzene rings is 1. The Kier molecular flexibility index (Phi) is 2.29. The molecule has 0 bridgehead atoms. The van der Waals surface area contributed by atoms with Gasteiger partial charge in [-0.2, -0.15) is 15.4 Å². The second-order valence-corrected chi connectivity index (χ2v) is 4.34. The highest BCUT2D eigenvalue weighted by Crippen LogP contribution is 2.32. The van der Waals surface area contributed by atoms with Gasteiger partial charge in [0.15, 0.2) is 5.69 Å². The molecular formula is C12H12N4O2. The summed E-state index contributed by atoms with van der Waals surface area (Å²) in [6, 6.07) is 5.69. The molecule has 2 heterocycles. The van der Waals surface area contributed by atoms with Crippen LogP contribution in [0, 0.1) is 0 Å². The van der Waals surface area contributed by atoms with Crippen LogP contribution >= 0.6 is 0 Å². The van der Waals surface area contributed by atoms with Crippen LogP contribution in [0.1, 0.15) is 23.0 Å². The van der Waals surface area contributed by atoms with Crippen molar-refractivity contribution in [2.24, 2.45) is 5.73 Å². The van der Waals surface area contributed by atoms with Gasteiger partial charge in [0.2, 0.25) is 0 Å². The third kappa shape index (κ3) is 1.62. The normalized spacial score (nSPS) is 17.3. The molecule has 6 nitrogen and oxygen atoms in total. The molecule has 0 aliphatic carbocycles. The lowest BCUT2D eigenvalue weighted by Crippen LogP contribution is -2.12. The lowest BCUT2D eigenvalue weighted by molar-refractivity contribution is 0.0996. The number of fused-ring (bicyclic) bond motifs is 1. The van der Waals surface area contributed by atoms with Crippen molar-refractivity contribution in [1.29, 1.82) is 0 Å². The van der Waals surface area contributed by atoms with Gasteiger partial charge in [-0.25, -0.2) is 0 Å². The fraction of sp³-hybridized carbons (Fsp3) is 0.250. The van der Waals surface area contributed by atoms with Gasteiger partial charge < -0.3 is 10.5 Å². The first-order valence-electron chi connectivity index (χ1n) is 5.65. The third-order valence-electron chi connectivity index (χ3n) is 2.95. The van der Waals surface area contributed by atoms with E-state index in [4.69, 9.17) is 10.5 Å². The number of aromatic nitrogens is 3. The van der Waals surface area contributed by atoms with Crippen LogP contribution in [0.25, 0.3) is 11.3 Å². The molecule has 1 amide bonds. The first-order chi connectivity index (χ1) is 8.65. The zero-order valence-electron chi connectivity index (χ0n) is 9.80. The van der Waals surface area contributed by atoms with E-state index in [2.05, 4.69) is 15.4 Å². The fourth-order valence-corrected chi connectivity index (χ4v) is 2.17. The summed E-state index contributed by atoms with van der Waals surface area (Å²) in [5.41, 5.74) is 7.80. The van der Waals surface area contributed by atoms with Gasteiger partial charge in [0.1, 0.15) is 17.5 Å². The summed E-state index contributed by atoms with van der Waals surface area (Å²) in [6.45, 7) is 2.02. The molecule has 1 unspecified atom stereocenters. The lowest BCUT2D eigenvalue weighted by atomic mass is 10.0. The Bertz CT molecular complexity index is 620. The van der Waals surface area contributed by atoms with Crippen molar-refractivity contribution in [1.82, 2.24) is 15.4 Å². The van der Waals surface area contributed by atoms with Crippen LogP contribution < -0.4 is 10.5 Å². The Morgan fingerprint density at radius 3 is 3.11 bits per heavy atom. The van der Waals surface area contributed by atoms with Gasteiger partial charge in [0.25, 0.3) is 5.91 Å². The topological polar surface area (TPSA) is 93.9 Å². The van der Waals surface area contributed by atoms with Crippen LogP contribution in [0.3, 0.4) is 0 Å². The molecule has 18 heavy (non-hydrogen) atoms. The Labute approximate surface area is 103 Å². The molecule has 0 saturated heterocycles. The standard InChI is InChI=1S/C12H12N4O2/c1-6-4-8-5-7(2-3-9(8)18-6)10-11(12(13)17)15-16-14-10/h2-3,5-6H,4H2,1H3,(H2,13,17)(H,14,15,16). The molecule has 1 aliphatic heterocycles. The van der Waals surface area contributed by atoms with Crippen LogP contribution in [-0.2, 0) is 6.42 Å². The predicted octanol–water partition coefficient (Wildman–Crippen LogP) is 0.894. The van der Waals surface area contributed by atoms with E-state index in [1.54, 1.807) is 0 Å². The minimum Gasteiger partial charge on any atom is -0.490 e. The number of H-pyrrole nitrogens is 1. The quantitative estimate of drug-likeness (QED) is 0.820. The molecule has 1 atom stereocenters. The minimum absolute atomic E-state index is 0.155. The molecule has 1 aromatic carbocycles. The summed E-state index contributed by atoms with van der Waals surface area (Å²) >= 11 is 0. The van der Waals surface area contributed by atoms with Crippen molar-refractivity contribution in [2.75, 3.05) is 0 Å². The van der Waals surface area contributed by atoms with Crippen LogP contribution in [0.4, 0.5) is 0 Å². The molecule has 1 aliphatic rings. The maximum Gasteiger partial charge on any atom is 0.271 e. The Morgan fingerprint density at radius 1 is 1.50 bits per heavy atom. The molecule has 92 valence electrons. The molecular weight excluding hydrogens is 232 g/mol. The van der Waals surface area contributed by atoms with Gasteiger partial charge >= 0.3 is 0 Å². The van der Waals surface area contributed by atoms with E-state index in [-0.39, 0.29) is 11.8 Å². The number of amides is 1. The largest absolute Gasteiger partial charge is 0.490 e. The molecule has 6 heteroatoms. The molecule has 3 rings (SSSR count). The van der Waals surface area contributed by atoms with Gasteiger partial charge in [-0.3, -0.25) is 4.79 Å². The molecule has 2 aromatic rings. The van der Waals surface area contributed by atoms with E-state index >= 15 is 0 Å². The van der Waals surface area contributed by atoms with Crippen molar-refractivity contribution in [2.45, 2.75) is 19.4 Å². The van der Waals surface area contributed by atoms with E-state index in [9.17, 15) is 4.79 Å². The van der Waals surface area contributed by atoms with E-state index in [1.165, 1.54) is 0 Å². The van der Waals surface area contributed by atoms with Crippen molar-refractivity contribution < 1.29 is 9.53 Å². The zero-order valence-corrected chi connectivity index (χ0v) is 9.80. The number of primary amides is 1. The van der Waals surface area contributed by atoms with Crippen molar-refractivity contribution >= 4 is 5.91 Å². The SMILES string of the molecule is CC1Cc2cc(-c3n[nH]nc3C(N)=O)ccc2O1. The monoisotopic (exact) mass is 244 g/mol. The third-order valence-corrected chi connectivity index (χ3v) is 2.95. The number of hydrogen-bond acceptors (Lipinski definition) is 4. The molecule has 0 saturated carbocycles. The second-order valence-electron chi connectivity index (χ2n) is 4.34. The Balaban J connectivity index is 2.06. The fourth-order valence-electron chi connectivity index (χ4n) is 2.17. The second kappa shape index (κ2) is 3.83. The lowest BCUT2D eigenvalue weighted by Gasteiger charge is -2.03. The highest BCUT2D eigenvalue weighted by Gasteiger charge is 2.21. The molecule has 0 radical (unpaired) electrons. The number of carbonyl (C=O) groups is 1. The van der Waals surface area contributed by atoms with Crippen LogP contribution in [-0.4, -0.2) is 27.4 Å². The molecule has 0 spiro atoms. The Morgan fingerprint density at radius 2 is 2.33 bits per heavy atom. The number of nitrogens with two attached hydrogens (primary N) is 1. The van der Waals surface area contributed by atoms with E-state index in [1.807, 2.05) is 25.1 Å². The predicted molar refractivity (Wildman–Crippen MR) is 64.1 cm³/mol. The number of carbonyl (C=O) groups excluding carboxylic acids is 1. The summed E-state index contributed by atoms with van der Waals surface area (Å²) in [6.07, 6.45) is 1.04. The summed E-state index contributed by atoms with van der Waals surface area (Å²) in [4.78, 5) is 11.2. The number of nitrogens with one attached hydrogen (secondary N) is 1. The number of aromatic amines is 1. The summed E-state index contributed by atoms with van der Waals surface area (Å²) < 4.78 is 5.62. The molecule has 3 N–H and O–H groups in total. The minimum atomic E-state index is -0.594. The van der Waals surface area contributed by atoms with Crippen LogP contribution in [0.5, 0.6) is 5.75 Å². The average molecular weight is 244 g/mol. The Hall–Kier alpha value is -2.37. The smallest absolute Gasteiger partial charge is 0.271 e. The maximum absolute atomic E-state index is 11.2. The van der Waals surface area contributed by atoms with Crippen LogP contribution in [0.15, 0.2) is 18.2 Å². The number of nitrogens with zero attached hydrogens (tertiary/aromatic N) is 2. The van der Waals surface area contributed by atoms with E-state index in [0.717, 1.165) is 23.3 Å². The van der Waals surface area contributed by atoms with Gasteiger partial charge in [0, 0.05) is 12.0 Å². The van der Waals surface area contributed by atoms with Crippen molar-refractivity contribution in [3.8, 4) is 17.0 Å². The van der Waals surface area contributed by atoms with Gasteiger partial charge in [-0.05, 0) is 30.7 Å². The van der Waals surface area contributed by atoms with E-state index in [0.29, 0.717) is 5.69 Å². The highest BCUT2D eigenvalue weighted by atomic mass is 16.5. The van der Waals surface area contributed by atoms with Gasteiger partial charge in [-0.15, -0.1) is 0 Å².